The van der Waals surface area contributed by atoms with E-state index in [1.54, 1.807) is 14.2 Å². The highest BCUT2D eigenvalue weighted by molar-refractivity contribution is 5.88. The summed E-state index contributed by atoms with van der Waals surface area (Å²) in [4.78, 5) is 10.4. The Morgan fingerprint density at radius 3 is 2.90 bits per heavy atom. The fourth-order valence-corrected chi connectivity index (χ4v) is 4.56. The van der Waals surface area contributed by atoms with Crippen LogP contribution in [0.1, 0.15) is 25.0 Å². The number of aliphatic imine (C=N–C) groups is 1. The van der Waals surface area contributed by atoms with Crippen molar-refractivity contribution in [3.8, 4) is 11.5 Å². The normalized spacial score (nSPS) is 22.0. The van der Waals surface area contributed by atoms with E-state index in [9.17, 15) is 0 Å². The van der Waals surface area contributed by atoms with Gasteiger partial charge in [-0.15, -0.1) is 0 Å². The topological polar surface area (TPSA) is 71.1 Å². The van der Waals surface area contributed by atoms with Gasteiger partial charge in [0.15, 0.2) is 5.96 Å². The molecule has 0 bridgehead atoms. The highest BCUT2D eigenvalue weighted by Crippen LogP contribution is 2.38. The molecule has 2 saturated heterocycles. The number of aromatic nitrogens is 1. The number of guanidine groups is 1. The lowest BCUT2D eigenvalue weighted by atomic mass is 9.87. The number of fused-ring (bicyclic) bond motifs is 1. The van der Waals surface area contributed by atoms with Crippen molar-refractivity contribution in [2.75, 3.05) is 54.1 Å². The summed E-state index contributed by atoms with van der Waals surface area (Å²) in [6.07, 6.45) is 4.36. The minimum Gasteiger partial charge on any atom is -0.497 e. The van der Waals surface area contributed by atoms with Crippen LogP contribution < -0.4 is 14.8 Å². The molecule has 2 aliphatic rings. The molecule has 1 spiro atoms. The van der Waals surface area contributed by atoms with Crippen molar-refractivity contribution >= 4 is 16.9 Å². The van der Waals surface area contributed by atoms with E-state index in [0.29, 0.717) is 5.41 Å². The first-order chi connectivity index (χ1) is 14.2. The van der Waals surface area contributed by atoms with Gasteiger partial charge in [-0.25, -0.2) is 0 Å². The van der Waals surface area contributed by atoms with Crippen LogP contribution in [0.2, 0.25) is 0 Å². The van der Waals surface area contributed by atoms with Crippen LogP contribution in [0, 0.1) is 5.41 Å². The van der Waals surface area contributed by atoms with E-state index in [1.165, 1.54) is 18.5 Å². The Bertz CT molecular complexity index is 870. The molecule has 4 rings (SSSR count). The highest BCUT2D eigenvalue weighted by Gasteiger charge is 2.42. The van der Waals surface area contributed by atoms with E-state index in [4.69, 9.17) is 14.2 Å². The van der Waals surface area contributed by atoms with Crippen molar-refractivity contribution in [1.29, 1.82) is 0 Å². The first kappa shape index (κ1) is 19.9. The molecule has 7 heteroatoms. The molecule has 2 N–H and O–H groups in total. The summed E-state index contributed by atoms with van der Waals surface area (Å²) in [7, 11) is 5.23. The number of rotatable bonds is 6. The van der Waals surface area contributed by atoms with Gasteiger partial charge in [0.1, 0.15) is 11.5 Å². The van der Waals surface area contributed by atoms with E-state index in [-0.39, 0.29) is 0 Å². The van der Waals surface area contributed by atoms with Crippen LogP contribution in [0.5, 0.6) is 11.5 Å². The van der Waals surface area contributed by atoms with E-state index in [0.717, 1.165) is 74.1 Å². The van der Waals surface area contributed by atoms with Crippen molar-refractivity contribution in [1.82, 2.24) is 15.2 Å². The largest absolute Gasteiger partial charge is 0.497 e. The lowest BCUT2D eigenvalue weighted by Crippen LogP contribution is -2.41. The third-order valence-corrected chi connectivity index (χ3v) is 6.23. The van der Waals surface area contributed by atoms with Gasteiger partial charge in [0.05, 0.1) is 26.3 Å². The monoisotopic (exact) mass is 400 g/mol. The number of aromatic amines is 1. The minimum atomic E-state index is 0.349. The zero-order valence-corrected chi connectivity index (χ0v) is 17.7. The number of nitrogens with one attached hydrogen (secondary N) is 2. The van der Waals surface area contributed by atoms with Crippen LogP contribution in [0.25, 0.3) is 10.9 Å². The smallest absolute Gasteiger partial charge is 0.193 e. The van der Waals surface area contributed by atoms with Gasteiger partial charge < -0.3 is 29.4 Å². The molecule has 2 aromatic rings. The van der Waals surface area contributed by atoms with Gasteiger partial charge in [-0.1, -0.05) is 0 Å². The van der Waals surface area contributed by atoms with Crippen LogP contribution in [0.15, 0.2) is 23.2 Å². The van der Waals surface area contributed by atoms with Crippen molar-refractivity contribution in [2.24, 2.45) is 10.4 Å². The number of methoxy groups -OCH3 is 2. The summed E-state index contributed by atoms with van der Waals surface area (Å²) in [5.41, 5.74) is 2.59. The van der Waals surface area contributed by atoms with Gasteiger partial charge >= 0.3 is 0 Å². The van der Waals surface area contributed by atoms with E-state index >= 15 is 0 Å². The Morgan fingerprint density at radius 2 is 2.17 bits per heavy atom. The number of hydrogen-bond acceptors (Lipinski definition) is 4. The van der Waals surface area contributed by atoms with Crippen LogP contribution in [0.3, 0.4) is 0 Å². The number of aryl methyl sites for hydroxylation is 1. The molecule has 0 aliphatic carbocycles. The lowest BCUT2D eigenvalue weighted by Gasteiger charge is -2.24. The molecule has 0 saturated carbocycles. The number of H-pyrrole nitrogens is 1. The molecule has 1 unspecified atom stereocenters. The molecule has 0 radical (unpaired) electrons. The zero-order chi connectivity index (χ0) is 20.3. The molecule has 1 aromatic carbocycles. The van der Waals surface area contributed by atoms with Gasteiger partial charge in [-0.05, 0) is 31.7 Å². The molecule has 158 valence electrons. The maximum atomic E-state index is 5.64. The predicted molar refractivity (Wildman–Crippen MR) is 115 cm³/mol. The van der Waals surface area contributed by atoms with Gasteiger partial charge in [0.2, 0.25) is 0 Å². The Labute approximate surface area is 172 Å². The van der Waals surface area contributed by atoms with Crippen LogP contribution in [-0.4, -0.2) is 70.0 Å². The summed E-state index contributed by atoms with van der Waals surface area (Å²) < 4.78 is 16.5. The van der Waals surface area contributed by atoms with Gasteiger partial charge in [0, 0.05) is 61.9 Å². The second kappa shape index (κ2) is 8.53. The van der Waals surface area contributed by atoms with Crippen molar-refractivity contribution < 1.29 is 14.2 Å². The average molecular weight is 401 g/mol. The van der Waals surface area contributed by atoms with Crippen molar-refractivity contribution in [3.05, 3.63) is 23.9 Å². The molecule has 0 amide bonds. The van der Waals surface area contributed by atoms with Gasteiger partial charge in [-0.3, -0.25) is 4.99 Å². The Morgan fingerprint density at radius 1 is 1.28 bits per heavy atom. The number of hydrogen-bond donors (Lipinski definition) is 2. The second-order valence-corrected chi connectivity index (χ2v) is 8.14. The Hall–Kier alpha value is -2.41. The summed E-state index contributed by atoms with van der Waals surface area (Å²) >= 11 is 0. The van der Waals surface area contributed by atoms with E-state index in [1.807, 2.05) is 19.2 Å². The third-order valence-electron chi connectivity index (χ3n) is 6.23. The second-order valence-electron chi connectivity index (χ2n) is 8.14. The SMILES string of the molecule is CN=C(NCCCc1cc2c(OC)cc(OC)cc2[nH]1)N1CCC2(CCOC2)C1. The quantitative estimate of drug-likeness (QED) is 0.443. The number of benzene rings is 1. The molecule has 7 nitrogen and oxygen atoms in total. The van der Waals surface area contributed by atoms with E-state index < -0.39 is 0 Å². The molecule has 1 atom stereocenters. The fourth-order valence-electron chi connectivity index (χ4n) is 4.56. The molecule has 1 aromatic heterocycles. The summed E-state index contributed by atoms with van der Waals surface area (Å²) in [6.45, 7) is 4.81. The summed E-state index contributed by atoms with van der Waals surface area (Å²) in [5, 5.41) is 4.63. The summed E-state index contributed by atoms with van der Waals surface area (Å²) in [5.74, 6) is 2.64. The molecule has 2 aliphatic heterocycles. The van der Waals surface area contributed by atoms with Crippen LogP contribution in [0.4, 0.5) is 0 Å². The molecular formula is C22H32N4O3. The maximum Gasteiger partial charge on any atom is 0.193 e. The maximum absolute atomic E-state index is 5.64. The Kier molecular flexibility index (Phi) is 5.85. The van der Waals surface area contributed by atoms with Gasteiger partial charge in [0.25, 0.3) is 0 Å². The zero-order valence-electron chi connectivity index (χ0n) is 17.7. The Balaban J connectivity index is 1.31. The highest BCUT2D eigenvalue weighted by atomic mass is 16.5. The number of likely N-dealkylation sites (tertiary alicyclic amines) is 1. The molecule has 2 fully saturated rings. The number of ether oxygens (including phenoxy) is 3. The van der Waals surface area contributed by atoms with Gasteiger partial charge in [-0.2, -0.15) is 0 Å². The molecule has 29 heavy (non-hydrogen) atoms. The first-order valence-corrected chi connectivity index (χ1v) is 10.4. The minimum absolute atomic E-state index is 0.349. The van der Waals surface area contributed by atoms with Crippen molar-refractivity contribution in [3.63, 3.8) is 0 Å². The van der Waals surface area contributed by atoms with Crippen LogP contribution >= 0.6 is 0 Å². The molecule has 3 heterocycles. The number of nitrogens with zero attached hydrogens (tertiary/aromatic N) is 2. The molecular weight excluding hydrogens is 368 g/mol. The standard InChI is InChI=1S/C22H32N4O3/c1-23-21(26-9-6-22(14-26)7-10-29-15-22)24-8-4-5-16-11-18-19(25-16)12-17(27-2)13-20(18)28-3/h11-13,25H,4-10,14-15H2,1-3H3,(H,23,24). The average Bonchev–Trinajstić information content (AvgIpc) is 3.48. The predicted octanol–water partition coefficient (Wildman–Crippen LogP) is 2.81. The lowest BCUT2D eigenvalue weighted by molar-refractivity contribution is 0.156. The summed E-state index contributed by atoms with van der Waals surface area (Å²) in [6, 6.07) is 6.11. The first-order valence-electron chi connectivity index (χ1n) is 10.4. The fraction of sp³-hybridized carbons (Fsp3) is 0.591. The van der Waals surface area contributed by atoms with Crippen LogP contribution in [-0.2, 0) is 11.2 Å². The van der Waals surface area contributed by atoms with E-state index in [2.05, 4.69) is 26.3 Å². The third kappa shape index (κ3) is 4.15. The van der Waals surface area contributed by atoms with Crippen molar-refractivity contribution in [2.45, 2.75) is 25.7 Å².